The molecule has 104 valence electrons. The quantitative estimate of drug-likeness (QED) is 0.828. The molecule has 2 N–H and O–H groups in total. The molecule has 0 aliphatic carbocycles. The van der Waals surface area contributed by atoms with Crippen LogP contribution in [0.25, 0.3) is 0 Å². The van der Waals surface area contributed by atoms with Gasteiger partial charge in [0.1, 0.15) is 11.9 Å². The van der Waals surface area contributed by atoms with Gasteiger partial charge in [0.15, 0.2) is 0 Å². The maximum atomic E-state index is 12.7. The minimum absolute atomic E-state index is 0.174. The van der Waals surface area contributed by atoms with Crippen LogP contribution < -0.4 is 5.32 Å². The first-order chi connectivity index (χ1) is 8.90. The average Bonchev–Trinajstić information content (AvgIpc) is 2.34. The Kier molecular flexibility index (Phi) is 5.48. The number of carbonyl (C=O) groups excluding carboxylic acids is 1. The highest BCUT2D eigenvalue weighted by Crippen LogP contribution is 2.07. The molecule has 1 amide bonds. The maximum Gasteiger partial charge on any atom is 0.326 e. The number of benzene rings is 1. The Balaban J connectivity index is 2.47. The van der Waals surface area contributed by atoms with Crippen LogP contribution >= 0.6 is 0 Å². The highest BCUT2D eigenvalue weighted by Gasteiger charge is 2.22. The monoisotopic (exact) mass is 267 g/mol. The third-order valence-electron chi connectivity index (χ3n) is 2.80. The molecule has 0 aromatic heterocycles. The predicted molar refractivity (Wildman–Crippen MR) is 69.1 cm³/mol. The second-order valence-corrected chi connectivity index (χ2v) is 4.75. The first-order valence-corrected chi connectivity index (χ1v) is 6.16. The second-order valence-electron chi connectivity index (χ2n) is 4.75. The van der Waals surface area contributed by atoms with E-state index < -0.39 is 12.0 Å². The summed E-state index contributed by atoms with van der Waals surface area (Å²) in [7, 11) is 0. The number of halogens is 1. The van der Waals surface area contributed by atoms with Gasteiger partial charge in [0.25, 0.3) is 0 Å². The van der Waals surface area contributed by atoms with E-state index in [1.165, 1.54) is 12.1 Å². The first kappa shape index (κ1) is 15.1. The van der Waals surface area contributed by atoms with Crippen LogP contribution in [0.5, 0.6) is 0 Å². The van der Waals surface area contributed by atoms with Crippen LogP contribution in [0.2, 0.25) is 0 Å². The van der Waals surface area contributed by atoms with Crippen LogP contribution in [0.4, 0.5) is 4.39 Å². The molecule has 1 unspecified atom stereocenters. The van der Waals surface area contributed by atoms with Gasteiger partial charge in [-0.25, -0.2) is 9.18 Å². The Morgan fingerprint density at radius 1 is 1.26 bits per heavy atom. The molecule has 0 fully saturated rings. The smallest absolute Gasteiger partial charge is 0.326 e. The van der Waals surface area contributed by atoms with E-state index in [0.717, 1.165) is 5.56 Å². The van der Waals surface area contributed by atoms with Gasteiger partial charge in [0, 0.05) is 6.42 Å². The summed E-state index contributed by atoms with van der Waals surface area (Å²) in [5.41, 5.74) is 0.841. The van der Waals surface area contributed by atoms with E-state index in [2.05, 4.69) is 5.32 Å². The highest BCUT2D eigenvalue weighted by molar-refractivity contribution is 5.83. The largest absolute Gasteiger partial charge is 0.480 e. The van der Waals surface area contributed by atoms with Crippen LogP contribution in [-0.4, -0.2) is 23.0 Å². The summed E-state index contributed by atoms with van der Waals surface area (Å²) >= 11 is 0. The van der Waals surface area contributed by atoms with Crippen molar-refractivity contribution < 1.29 is 19.1 Å². The minimum atomic E-state index is -1.04. The standard InChI is InChI=1S/C14H18FNO3/c1-9(2)13(14(18)19)16-12(17)8-5-10-3-6-11(15)7-4-10/h3-4,6-7,9,13H,5,8H2,1-2H3,(H,16,17)(H,18,19). The Labute approximate surface area is 111 Å². The van der Waals surface area contributed by atoms with E-state index in [9.17, 15) is 14.0 Å². The van der Waals surface area contributed by atoms with Crippen LogP contribution in [0.3, 0.4) is 0 Å². The van der Waals surface area contributed by atoms with Crippen molar-refractivity contribution in [2.24, 2.45) is 5.92 Å². The molecular weight excluding hydrogens is 249 g/mol. The lowest BCUT2D eigenvalue weighted by molar-refractivity contribution is -0.143. The van der Waals surface area contributed by atoms with E-state index in [1.807, 2.05) is 0 Å². The van der Waals surface area contributed by atoms with E-state index in [-0.39, 0.29) is 24.1 Å². The molecule has 0 radical (unpaired) electrons. The van der Waals surface area contributed by atoms with Crippen molar-refractivity contribution in [1.29, 1.82) is 0 Å². The fourth-order valence-electron chi connectivity index (χ4n) is 1.67. The number of aliphatic carboxylic acids is 1. The summed E-state index contributed by atoms with van der Waals surface area (Å²) in [6.07, 6.45) is 0.638. The van der Waals surface area contributed by atoms with E-state index in [1.54, 1.807) is 26.0 Å². The molecule has 0 aliphatic heterocycles. The molecule has 19 heavy (non-hydrogen) atoms. The van der Waals surface area contributed by atoms with E-state index >= 15 is 0 Å². The summed E-state index contributed by atoms with van der Waals surface area (Å²) in [4.78, 5) is 22.6. The molecular formula is C14H18FNO3. The molecule has 0 spiro atoms. The second kappa shape index (κ2) is 6.87. The number of carboxylic acid groups (broad SMARTS) is 1. The Morgan fingerprint density at radius 2 is 1.84 bits per heavy atom. The van der Waals surface area contributed by atoms with Gasteiger partial charge in [-0.1, -0.05) is 26.0 Å². The molecule has 0 saturated heterocycles. The summed E-state index contributed by atoms with van der Waals surface area (Å²) in [5.74, 6) is -1.85. The van der Waals surface area contributed by atoms with Crippen LogP contribution in [-0.2, 0) is 16.0 Å². The number of amides is 1. The van der Waals surface area contributed by atoms with E-state index in [4.69, 9.17) is 5.11 Å². The van der Waals surface area contributed by atoms with Crippen LogP contribution in [0.15, 0.2) is 24.3 Å². The van der Waals surface area contributed by atoms with Crippen molar-refractivity contribution in [1.82, 2.24) is 5.32 Å². The van der Waals surface area contributed by atoms with Gasteiger partial charge in [-0.15, -0.1) is 0 Å². The van der Waals surface area contributed by atoms with Gasteiger partial charge in [-0.3, -0.25) is 4.79 Å². The number of aryl methyl sites for hydroxylation is 1. The van der Waals surface area contributed by atoms with Crippen molar-refractivity contribution >= 4 is 11.9 Å². The molecule has 1 rings (SSSR count). The fraction of sp³-hybridized carbons (Fsp3) is 0.429. The Hall–Kier alpha value is -1.91. The molecule has 5 heteroatoms. The number of nitrogens with one attached hydrogen (secondary N) is 1. The molecule has 1 aromatic carbocycles. The number of hydrogen-bond donors (Lipinski definition) is 2. The third-order valence-corrected chi connectivity index (χ3v) is 2.80. The molecule has 0 saturated carbocycles. The zero-order chi connectivity index (χ0) is 14.4. The van der Waals surface area contributed by atoms with Gasteiger partial charge >= 0.3 is 5.97 Å². The first-order valence-electron chi connectivity index (χ1n) is 6.16. The number of rotatable bonds is 6. The normalized spacial score (nSPS) is 12.2. The molecule has 0 bridgehead atoms. The lowest BCUT2D eigenvalue weighted by atomic mass is 10.0. The zero-order valence-corrected chi connectivity index (χ0v) is 11.0. The SMILES string of the molecule is CC(C)C(NC(=O)CCc1ccc(F)cc1)C(=O)O. The molecule has 1 aromatic rings. The zero-order valence-electron chi connectivity index (χ0n) is 11.0. The lowest BCUT2D eigenvalue weighted by Crippen LogP contribution is -2.44. The topological polar surface area (TPSA) is 66.4 Å². The van der Waals surface area contributed by atoms with Crippen molar-refractivity contribution in [2.45, 2.75) is 32.7 Å². The lowest BCUT2D eigenvalue weighted by Gasteiger charge is -2.17. The Bertz CT molecular complexity index is 443. The van der Waals surface area contributed by atoms with Gasteiger partial charge in [-0.2, -0.15) is 0 Å². The predicted octanol–water partition coefficient (Wildman–Crippen LogP) is 1.98. The summed E-state index contributed by atoms with van der Waals surface area (Å²) in [6.45, 7) is 3.47. The number of hydrogen-bond acceptors (Lipinski definition) is 2. The number of carbonyl (C=O) groups is 2. The van der Waals surface area contributed by atoms with E-state index in [0.29, 0.717) is 6.42 Å². The maximum absolute atomic E-state index is 12.7. The number of carboxylic acids is 1. The van der Waals surface area contributed by atoms with Gasteiger partial charge in [0.2, 0.25) is 5.91 Å². The summed E-state index contributed by atoms with van der Waals surface area (Å²) in [5, 5.41) is 11.4. The van der Waals surface area contributed by atoms with Gasteiger partial charge in [0.05, 0.1) is 0 Å². The van der Waals surface area contributed by atoms with Crippen molar-refractivity contribution in [3.8, 4) is 0 Å². The third kappa shape index (κ3) is 5.07. The van der Waals surface area contributed by atoms with Crippen molar-refractivity contribution in [2.75, 3.05) is 0 Å². The van der Waals surface area contributed by atoms with Crippen LogP contribution in [0.1, 0.15) is 25.8 Å². The summed E-state index contributed by atoms with van der Waals surface area (Å²) in [6, 6.07) is 5.02. The van der Waals surface area contributed by atoms with Gasteiger partial charge in [-0.05, 0) is 30.0 Å². The average molecular weight is 267 g/mol. The summed E-state index contributed by atoms with van der Waals surface area (Å²) < 4.78 is 12.7. The molecule has 1 atom stereocenters. The molecule has 0 heterocycles. The Morgan fingerprint density at radius 3 is 2.32 bits per heavy atom. The minimum Gasteiger partial charge on any atom is -0.480 e. The van der Waals surface area contributed by atoms with Crippen molar-refractivity contribution in [3.63, 3.8) is 0 Å². The van der Waals surface area contributed by atoms with Crippen LogP contribution in [0, 0.1) is 11.7 Å². The molecule has 0 aliphatic rings. The fourth-order valence-corrected chi connectivity index (χ4v) is 1.67. The van der Waals surface area contributed by atoms with Gasteiger partial charge < -0.3 is 10.4 Å². The van der Waals surface area contributed by atoms with Crippen molar-refractivity contribution in [3.05, 3.63) is 35.6 Å². The highest BCUT2D eigenvalue weighted by atomic mass is 19.1. The molecule has 4 nitrogen and oxygen atoms in total.